The van der Waals surface area contributed by atoms with Crippen LogP contribution in [0.1, 0.15) is 12.8 Å². The molecular formula is C12H15FN2O3. The molecule has 98 valence electrons. The van der Waals surface area contributed by atoms with E-state index in [9.17, 15) is 9.18 Å². The fraction of sp³-hybridized carbons (Fsp3) is 0.417. The van der Waals surface area contributed by atoms with Crippen molar-refractivity contribution in [2.24, 2.45) is 5.73 Å². The third-order valence-corrected chi connectivity index (χ3v) is 3.04. The van der Waals surface area contributed by atoms with Crippen molar-refractivity contribution in [2.75, 3.05) is 18.5 Å². The molecule has 0 spiro atoms. The molecule has 2 rings (SSSR count). The van der Waals surface area contributed by atoms with Crippen LogP contribution < -0.4 is 11.1 Å². The van der Waals surface area contributed by atoms with E-state index in [0.29, 0.717) is 26.1 Å². The van der Waals surface area contributed by atoms with Gasteiger partial charge in [-0.25, -0.2) is 4.39 Å². The van der Waals surface area contributed by atoms with E-state index in [1.165, 1.54) is 12.1 Å². The van der Waals surface area contributed by atoms with E-state index >= 15 is 0 Å². The first-order valence-corrected chi connectivity index (χ1v) is 5.68. The number of nitrogens with two attached hydrogens (primary N) is 1. The summed E-state index contributed by atoms with van der Waals surface area (Å²) >= 11 is 0. The van der Waals surface area contributed by atoms with Gasteiger partial charge in [0, 0.05) is 25.0 Å². The fourth-order valence-electron chi connectivity index (χ4n) is 1.80. The summed E-state index contributed by atoms with van der Waals surface area (Å²) in [7, 11) is 0. The number of phenols is 1. The van der Waals surface area contributed by atoms with Gasteiger partial charge in [0.1, 0.15) is 5.54 Å². The first-order chi connectivity index (χ1) is 8.51. The van der Waals surface area contributed by atoms with Crippen LogP contribution in [0.3, 0.4) is 0 Å². The van der Waals surface area contributed by atoms with E-state index < -0.39 is 17.1 Å². The SMILES string of the molecule is NC1(C(=O)Nc2ccc(O)c(F)c2)CCOCC1. The molecule has 1 heterocycles. The number of carbonyl (C=O) groups is 1. The molecule has 5 nitrogen and oxygen atoms in total. The Kier molecular flexibility index (Phi) is 3.49. The number of phenolic OH excluding ortho intramolecular Hbond substituents is 1. The van der Waals surface area contributed by atoms with Crippen LogP contribution in [0, 0.1) is 5.82 Å². The summed E-state index contributed by atoms with van der Waals surface area (Å²) in [4.78, 5) is 12.0. The molecule has 1 fully saturated rings. The van der Waals surface area contributed by atoms with Crippen molar-refractivity contribution in [2.45, 2.75) is 18.4 Å². The highest BCUT2D eigenvalue weighted by Crippen LogP contribution is 2.23. The van der Waals surface area contributed by atoms with Crippen molar-refractivity contribution in [1.82, 2.24) is 0 Å². The van der Waals surface area contributed by atoms with Crippen LogP contribution in [-0.2, 0) is 9.53 Å². The number of amides is 1. The molecule has 18 heavy (non-hydrogen) atoms. The maximum atomic E-state index is 13.1. The second-order valence-corrected chi connectivity index (χ2v) is 4.39. The maximum Gasteiger partial charge on any atom is 0.244 e. The number of benzene rings is 1. The second-order valence-electron chi connectivity index (χ2n) is 4.39. The van der Waals surface area contributed by atoms with E-state index in [4.69, 9.17) is 15.6 Å². The van der Waals surface area contributed by atoms with Gasteiger partial charge in [0.05, 0.1) is 0 Å². The number of ether oxygens (including phenoxy) is 1. The van der Waals surface area contributed by atoms with Gasteiger partial charge >= 0.3 is 0 Å². The van der Waals surface area contributed by atoms with Crippen LogP contribution in [0.5, 0.6) is 5.75 Å². The van der Waals surface area contributed by atoms with Crippen molar-refractivity contribution in [3.05, 3.63) is 24.0 Å². The van der Waals surface area contributed by atoms with Gasteiger partial charge in [0.2, 0.25) is 5.91 Å². The van der Waals surface area contributed by atoms with Gasteiger partial charge in [-0.15, -0.1) is 0 Å². The zero-order valence-electron chi connectivity index (χ0n) is 9.78. The van der Waals surface area contributed by atoms with Crippen LogP contribution in [0.4, 0.5) is 10.1 Å². The molecule has 1 amide bonds. The summed E-state index contributed by atoms with van der Waals surface area (Å²) in [6, 6.07) is 3.65. The van der Waals surface area contributed by atoms with Crippen LogP contribution >= 0.6 is 0 Å². The molecule has 0 aliphatic carbocycles. The smallest absolute Gasteiger partial charge is 0.244 e. The summed E-state index contributed by atoms with van der Waals surface area (Å²) in [6.07, 6.45) is 0.860. The van der Waals surface area contributed by atoms with Crippen LogP contribution in [0.25, 0.3) is 0 Å². The molecule has 0 radical (unpaired) electrons. The van der Waals surface area contributed by atoms with Gasteiger partial charge in [-0.05, 0) is 25.0 Å². The van der Waals surface area contributed by atoms with Crippen molar-refractivity contribution >= 4 is 11.6 Å². The van der Waals surface area contributed by atoms with Crippen molar-refractivity contribution < 1.29 is 19.0 Å². The molecule has 1 saturated heterocycles. The molecule has 0 aromatic heterocycles. The lowest BCUT2D eigenvalue weighted by atomic mass is 9.90. The van der Waals surface area contributed by atoms with Gasteiger partial charge in [0.25, 0.3) is 0 Å². The first kappa shape index (κ1) is 12.8. The quantitative estimate of drug-likeness (QED) is 0.687. The topological polar surface area (TPSA) is 84.6 Å². The number of aromatic hydroxyl groups is 1. The van der Waals surface area contributed by atoms with E-state index in [-0.39, 0.29) is 11.6 Å². The first-order valence-electron chi connectivity index (χ1n) is 5.68. The Bertz CT molecular complexity index is 459. The Labute approximate surface area is 104 Å². The van der Waals surface area contributed by atoms with Crippen LogP contribution in [0.15, 0.2) is 18.2 Å². The Morgan fingerprint density at radius 1 is 1.44 bits per heavy atom. The molecule has 1 aliphatic rings. The molecular weight excluding hydrogens is 239 g/mol. The molecule has 1 aromatic carbocycles. The summed E-state index contributed by atoms with van der Waals surface area (Å²) in [5.41, 5.74) is 5.27. The monoisotopic (exact) mass is 254 g/mol. The van der Waals surface area contributed by atoms with Gasteiger partial charge in [-0.3, -0.25) is 4.79 Å². The predicted octanol–water partition coefficient (Wildman–Crippen LogP) is 0.978. The Morgan fingerprint density at radius 3 is 2.72 bits per heavy atom. The highest BCUT2D eigenvalue weighted by atomic mass is 19.1. The lowest BCUT2D eigenvalue weighted by Gasteiger charge is -2.31. The van der Waals surface area contributed by atoms with E-state index in [1.54, 1.807) is 0 Å². The van der Waals surface area contributed by atoms with E-state index in [0.717, 1.165) is 6.07 Å². The average Bonchev–Trinajstić information content (AvgIpc) is 2.35. The standard InChI is InChI=1S/C12H15FN2O3/c13-9-7-8(1-2-10(9)16)15-11(17)12(14)3-5-18-6-4-12/h1-2,7,16H,3-6,14H2,(H,15,17). The molecule has 0 atom stereocenters. The number of hydrogen-bond donors (Lipinski definition) is 3. The van der Waals surface area contributed by atoms with Gasteiger partial charge in [0.15, 0.2) is 11.6 Å². The average molecular weight is 254 g/mol. The Hall–Kier alpha value is -1.66. The van der Waals surface area contributed by atoms with Crippen LogP contribution in [-0.4, -0.2) is 29.8 Å². The second kappa shape index (κ2) is 4.91. The normalized spacial score (nSPS) is 18.3. The minimum Gasteiger partial charge on any atom is -0.505 e. The largest absolute Gasteiger partial charge is 0.505 e. The number of halogens is 1. The maximum absolute atomic E-state index is 13.1. The molecule has 0 saturated carbocycles. The summed E-state index contributed by atoms with van der Waals surface area (Å²) < 4.78 is 18.3. The Morgan fingerprint density at radius 2 is 2.11 bits per heavy atom. The summed E-state index contributed by atoms with van der Waals surface area (Å²) in [5, 5.41) is 11.6. The number of rotatable bonds is 2. The molecule has 1 aliphatic heterocycles. The van der Waals surface area contributed by atoms with Crippen molar-refractivity contribution in [1.29, 1.82) is 0 Å². The highest BCUT2D eigenvalue weighted by molar-refractivity contribution is 5.98. The zero-order valence-corrected chi connectivity index (χ0v) is 9.78. The molecule has 0 unspecified atom stereocenters. The van der Waals surface area contributed by atoms with E-state index in [2.05, 4.69) is 5.32 Å². The molecule has 6 heteroatoms. The number of carbonyl (C=O) groups excluding carboxylic acids is 1. The number of hydrogen-bond acceptors (Lipinski definition) is 4. The van der Waals surface area contributed by atoms with Crippen molar-refractivity contribution in [3.63, 3.8) is 0 Å². The summed E-state index contributed by atoms with van der Waals surface area (Å²) in [5.74, 6) is -1.61. The van der Waals surface area contributed by atoms with Gasteiger partial charge in [-0.2, -0.15) is 0 Å². The molecule has 1 aromatic rings. The minimum atomic E-state index is -0.980. The number of anilines is 1. The zero-order chi connectivity index (χ0) is 13.2. The number of nitrogens with one attached hydrogen (secondary N) is 1. The highest BCUT2D eigenvalue weighted by Gasteiger charge is 2.35. The lowest BCUT2D eigenvalue weighted by Crippen LogP contribution is -2.54. The fourth-order valence-corrected chi connectivity index (χ4v) is 1.80. The molecule has 4 N–H and O–H groups in total. The predicted molar refractivity (Wildman–Crippen MR) is 63.7 cm³/mol. The van der Waals surface area contributed by atoms with Crippen molar-refractivity contribution in [3.8, 4) is 5.75 Å². The van der Waals surface area contributed by atoms with E-state index in [1.807, 2.05) is 0 Å². The lowest BCUT2D eigenvalue weighted by molar-refractivity contribution is -0.124. The third-order valence-electron chi connectivity index (χ3n) is 3.04. The Balaban J connectivity index is 2.08. The van der Waals surface area contributed by atoms with Crippen LogP contribution in [0.2, 0.25) is 0 Å². The third kappa shape index (κ3) is 2.60. The minimum absolute atomic E-state index is 0.270. The van der Waals surface area contributed by atoms with Gasteiger partial charge in [-0.1, -0.05) is 0 Å². The van der Waals surface area contributed by atoms with Gasteiger partial charge < -0.3 is 20.9 Å². The summed E-state index contributed by atoms with van der Waals surface area (Å²) in [6.45, 7) is 0.877. The molecule has 0 bridgehead atoms.